The first-order valence-corrected chi connectivity index (χ1v) is 6.70. The summed E-state index contributed by atoms with van der Waals surface area (Å²) in [6, 6.07) is 0. The minimum atomic E-state index is -0.625. The van der Waals surface area contributed by atoms with Gasteiger partial charge in [0.15, 0.2) is 16.6 Å². The molecule has 20 heavy (non-hydrogen) atoms. The van der Waals surface area contributed by atoms with Crippen LogP contribution in [0.25, 0.3) is 0 Å². The summed E-state index contributed by atoms with van der Waals surface area (Å²) in [6.45, 7) is 2.26. The molecule has 0 radical (unpaired) electrons. The molecule has 0 aromatic carbocycles. The minimum absolute atomic E-state index is 0.0354. The van der Waals surface area contributed by atoms with Crippen molar-refractivity contribution in [1.82, 2.24) is 4.98 Å². The molecule has 0 aliphatic heterocycles. The number of hydrogen-bond donors (Lipinski definition) is 1. The van der Waals surface area contributed by atoms with Crippen LogP contribution in [0.5, 0.6) is 0 Å². The summed E-state index contributed by atoms with van der Waals surface area (Å²) in [7, 11) is 4.41. The van der Waals surface area contributed by atoms with E-state index in [1.165, 1.54) is 14.0 Å². The molecule has 0 amide bonds. The second kappa shape index (κ2) is 7.93. The zero-order valence-corrected chi connectivity index (χ0v) is 12.7. The van der Waals surface area contributed by atoms with Gasteiger partial charge in [-0.2, -0.15) is 0 Å². The number of hydrogen-bond acceptors (Lipinski definition) is 8. The average molecular weight is 302 g/mol. The molecule has 1 rings (SSSR count). The number of methoxy groups -OCH3 is 3. The van der Waals surface area contributed by atoms with Crippen molar-refractivity contribution in [3.8, 4) is 0 Å². The Morgan fingerprint density at radius 3 is 2.55 bits per heavy atom. The molecule has 0 bridgehead atoms. The van der Waals surface area contributed by atoms with Gasteiger partial charge in [-0.15, -0.1) is 0 Å². The normalized spacial score (nSPS) is 12.0. The first kappa shape index (κ1) is 16.5. The molecule has 0 aliphatic carbocycles. The third-order valence-electron chi connectivity index (χ3n) is 2.49. The highest BCUT2D eigenvalue weighted by atomic mass is 32.1. The van der Waals surface area contributed by atoms with Crippen LogP contribution in [0.1, 0.15) is 27.1 Å². The van der Waals surface area contributed by atoms with E-state index in [1.807, 2.05) is 0 Å². The quantitative estimate of drug-likeness (QED) is 0.570. The number of carbonyl (C=O) groups excluding carboxylic acids is 2. The number of nitrogens with one attached hydrogen (secondary N) is 1. The molecule has 0 aliphatic rings. The summed E-state index contributed by atoms with van der Waals surface area (Å²) in [6.07, 6.45) is -0.147. The van der Waals surface area contributed by atoms with Crippen molar-refractivity contribution < 1.29 is 23.8 Å². The van der Waals surface area contributed by atoms with E-state index in [-0.39, 0.29) is 22.5 Å². The third kappa shape index (κ3) is 4.26. The van der Waals surface area contributed by atoms with E-state index in [0.29, 0.717) is 18.3 Å². The molecule has 7 nitrogen and oxygen atoms in total. The van der Waals surface area contributed by atoms with Gasteiger partial charge in [-0.25, -0.2) is 9.78 Å². The number of anilines is 1. The van der Waals surface area contributed by atoms with Crippen LogP contribution in [-0.2, 0) is 14.2 Å². The number of nitrogens with zero attached hydrogens (tertiary/aromatic N) is 1. The van der Waals surface area contributed by atoms with Crippen molar-refractivity contribution in [1.29, 1.82) is 0 Å². The first-order valence-electron chi connectivity index (χ1n) is 5.89. The van der Waals surface area contributed by atoms with E-state index in [1.54, 1.807) is 14.2 Å². The Hall–Kier alpha value is -1.51. The number of Topliss-reactive ketones (excluding diaryl/α,β-unsaturated/α-hetero) is 1. The van der Waals surface area contributed by atoms with E-state index in [2.05, 4.69) is 15.0 Å². The van der Waals surface area contributed by atoms with E-state index in [4.69, 9.17) is 9.47 Å². The van der Waals surface area contributed by atoms with Gasteiger partial charge in [0.05, 0.1) is 19.8 Å². The van der Waals surface area contributed by atoms with Crippen molar-refractivity contribution in [3.63, 3.8) is 0 Å². The fourth-order valence-corrected chi connectivity index (χ4v) is 2.32. The first-order chi connectivity index (χ1) is 9.53. The maximum Gasteiger partial charge on any atom is 0.358 e. The summed E-state index contributed by atoms with van der Waals surface area (Å²) < 4.78 is 14.8. The third-order valence-corrected chi connectivity index (χ3v) is 3.61. The number of ether oxygens (including phenoxy) is 3. The molecule has 1 N–H and O–H groups in total. The lowest BCUT2D eigenvalue weighted by Gasteiger charge is -2.14. The van der Waals surface area contributed by atoms with Gasteiger partial charge in [0.1, 0.15) is 4.88 Å². The summed E-state index contributed by atoms with van der Waals surface area (Å²) in [5.41, 5.74) is 0.0354. The van der Waals surface area contributed by atoms with Crippen LogP contribution in [0.15, 0.2) is 0 Å². The standard InChI is InChI=1S/C12H18N2O5S/c1-7(15)10-9(11(16)19-4)14-12(20-10)13-5-8(18-3)6-17-2/h8H,5-6H2,1-4H3,(H,13,14). The molecule has 1 aromatic rings. The van der Waals surface area contributed by atoms with E-state index < -0.39 is 5.97 Å². The molecular formula is C12H18N2O5S. The predicted octanol–water partition coefficient (Wildman–Crippen LogP) is 1.21. The number of carbonyl (C=O) groups is 2. The van der Waals surface area contributed by atoms with Crippen molar-refractivity contribution in [2.45, 2.75) is 13.0 Å². The Morgan fingerprint density at radius 2 is 2.05 bits per heavy atom. The molecule has 112 valence electrons. The Labute approximate surface area is 121 Å². The van der Waals surface area contributed by atoms with Crippen LogP contribution in [0.2, 0.25) is 0 Å². The second-order valence-electron chi connectivity index (χ2n) is 3.94. The highest BCUT2D eigenvalue weighted by molar-refractivity contribution is 7.17. The lowest BCUT2D eigenvalue weighted by atomic mass is 10.3. The Morgan fingerprint density at radius 1 is 1.35 bits per heavy atom. The molecule has 1 heterocycles. The second-order valence-corrected chi connectivity index (χ2v) is 4.94. The largest absolute Gasteiger partial charge is 0.464 e. The van der Waals surface area contributed by atoms with Crippen molar-refractivity contribution in [2.75, 3.05) is 39.8 Å². The highest BCUT2D eigenvalue weighted by Crippen LogP contribution is 2.24. The zero-order chi connectivity index (χ0) is 15.1. The molecule has 1 atom stereocenters. The Kier molecular flexibility index (Phi) is 6.56. The SMILES string of the molecule is COCC(CNc1nc(C(=O)OC)c(C(C)=O)s1)OC. The van der Waals surface area contributed by atoms with E-state index >= 15 is 0 Å². The smallest absolute Gasteiger partial charge is 0.358 e. The number of esters is 1. The number of rotatable bonds is 8. The zero-order valence-electron chi connectivity index (χ0n) is 11.9. The summed E-state index contributed by atoms with van der Waals surface area (Å²) in [5, 5.41) is 3.48. The summed E-state index contributed by atoms with van der Waals surface area (Å²) in [5.74, 6) is -0.851. The van der Waals surface area contributed by atoms with Gasteiger partial charge in [0, 0.05) is 27.7 Å². The van der Waals surface area contributed by atoms with Crippen LogP contribution in [0.4, 0.5) is 5.13 Å². The number of ketones is 1. The van der Waals surface area contributed by atoms with Crippen LogP contribution >= 0.6 is 11.3 Å². The molecule has 1 aromatic heterocycles. The van der Waals surface area contributed by atoms with Crippen LogP contribution < -0.4 is 5.32 Å². The van der Waals surface area contributed by atoms with E-state index in [0.717, 1.165) is 11.3 Å². The van der Waals surface area contributed by atoms with Gasteiger partial charge in [-0.1, -0.05) is 11.3 Å². The predicted molar refractivity (Wildman–Crippen MR) is 74.6 cm³/mol. The molecule has 8 heteroatoms. The Bertz CT molecular complexity index is 474. The molecular weight excluding hydrogens is 284 g/mol. The van der Waals surface area contributed by atoms with Crippen molar-refractivity contribution in [2.24, 2.45) is 0 Å². The summed E-state index contributed by atoms with van der Waals surface area (Å²) >= 11 is 1.11. The van der Waals surface area contributed by atoms with Crippen LogP contribution in [0, 0.1) is 0 Å². The molecule has 1 unspecified atom stereocenters. The number of aromatic nitrogens is 1. The molecule has 0 fully saturated rings. The van der Waals surface area contributed by atoms with Gasteiger partial charge in [-0.3, -0.25) is 4.79 Å². The summed E-state index contributed by atoms with van der Waals surface area (Å²) in [4.78, 5) is 27.4. The Balaban J connectivity index is 2.81. The van der Waals surface area contributed by atoms with Gasteiger partial charge >= 0.3 is 5.97 Å². The fraction of sp³-hybridized carbons (Fsp3) is 0.583. The molecule has 0 saturated heterocycles. The lowest BCUT2D eigenvalue weighted by molar-refractivity contribution is 0.0365. The maximum absolute atomic E-state index is 11.5. The lowest BCUT2D eigenvalue weighted by Crippen LogP contribution is -2.26. The topological polar surface area (TPSA) is 86.8 Å². The molecule has 0 saturated carbocycles. The van der Waals surface area contributed by atoms with Gasteiger partial charge in [-0.05, 0) is 0 Å². The maximum atomic E-state index is 11.5. The highest BCUT2D eigenvalue weighted by Gasteiger charge is 2.22. The monoisotopic (exact) mass is 302 g/mol. The van der Waals surface area contributed by atoms with E-state index in [9.17, 15) is 9.59 Å². The number of thiazole rings is 1. The minimum Gasteiger partial charge on any atom is -0.464 e. The fourth-order valence-electron chi connectivity index (χ4n) is 1.47. The van der Waals surface area contributed by atoms with Crippen LogP contribution in [-0.4, -0.2) is 57.3 Å². The van der Waals surface area contributed by atoms with Crippen molar-refractivity contribution >= 4 is 28.2 Å². The van der Waals surface area contributed by atoms with Gasteiger partial charge in [0.2, 0.25) is 0 Å². The van der Waals surface area contributed by atoms with Gasteiger partial charge in [0.25, 0.3) is 0 Å². The van der Waals surface area contributed by atoms with Crippen molar-refractivity contribution in [3.05, 3.63) is 10.6 Å². The molecule has 0 spiro atoms. The average Bonchev–Trinajstić information content (AvgIpc) is 2.87. The van der Waals surface area contributed by atoms with Crippen LogP contribution in [0.3, 0.4) is 0 Å². The van der Waals surface area contributed by atoms with Gasteiger partial charge < -0.3 is 19.5 Å².